The minimum atomic E-state index is -4.40. The van der Waals surface area contributed by atoms with Crippen molar-refractivity contribution in [2.75, 3.05) is 0 Å². The maximum atomic E-state index is 13.0. The minimum absolute atomic E-state index is 0.00433. The zero-order chi connectivity index (χ0) is 13.5. The second-order valence-electron chi connectivity index (χ2n) is 3.55. The molecule has 2 N–H and O–H groups in total. The topological polar surface area (TPSA) is 66.0 Å². The number of aromatic amines is 1. The number of carboxylic acids is 1. The van der Waals surface area contributed by atoms with E-state index in [0.29, 0.717) is 0 Å². The molecule has 0 bridgehead atoms. The molecular formula is C10H6F4N2O2. The van der Waals surface area contributed by atoms with Crippen LogP contribution in [0.1, 0.15) is 16.2 Å². The predicted octanol–water partition coefficient (Wildman–Crippen LogP) is 2.62. The van der Waals surface area contributed by atoms with E-state index in [4.69, 9.17) is 5.11 Å². The number of aromatic nitrogens is 2. The summed E-state index contributed by atoms with van der Waals surface area (Å²) in [5.41, 5.74) is -0.196. The lowest BCUT2D eigenvalue weighted by molar-refractivity contribution is -0.140. The molecule has 0 amide bonds. The highest BCUT2D eigenvalue weighted by atomic mass is 19.3. The number of hydrogen-bond donors (Lipinski definition) is 2. The fourth-order valence-electron chi connectivity index (χ4n) is 1.40. The van der Waals surface area contributed by atoms with E-state index < -0.39 is 24.1 Å². The summed E-state index contributed by atoms with van der Waals surface area (Å²) in [6.07, 6.45) is -3.89. The first-order valence-corrected chi connectivity index (χ1v) is 4.72. The second kappa shape index (κ2) is 3.97. The largest absolute Gasteiger partial charge is 0.478 e. The van der Waals surface area contributed by atoms with E-state index in [1.807, 2.05) is 4.98 Å². The van der Waals surface area contributed by atoms with Crippen LogP contribution in [0.3, 0.4) is 0 Å². The molecular weight excluding hydrogens is 256 g/mol. The summed E-state index contributed by atoms with van der Waals surface area (Å²) in [4.78, 5) is 16.0. The van der Waals surface area contributed by atoms with Crippen molar-refractivity contribution in [3.63, 3.8) is 0 Å². The molecule has 0 aliphatic heterocycles. The minimum Gasteiger partial charge on any atom is -0.478 e. The first-order chi connectivity index (χ1) is 8.32. The molecule has 4 nitrogen and oxygen atoms in total. The summed E-state index contributed by atoms with van der Waals surface area (Å²) in [5, 5.41) is 8.70. The van der Waals surface area contributed by atoms with E-state index in [9.17, 15) is 22.4 Å². The Morgan fingerprint density at radius 3 is 2.61 bits per heavy atom. The third-order valence-corrected chi connectivity index (χ3v) is 2.32. The number of aromatic carboxylic acids is 1. The maximum absolute atomic E-state index is 13.0. The molecule has 1 aromatic carbocycles. The van der Waals surface area contributed by atoms with Crippen LogP contribution in [0.5, 0.6) is 0 Å². The third kappa shape index (κ3) is 1.89. The number of rotatable bonds is 3. The summed E-state index contributed by atoms with van der Waals surface area (Å²) in [7, 11) is 0. The molecule has 2 rings (SSSR count). The first-order valence-electron chi connectivity index (χ1n) is 4.72. The zero-order valence-corrected chi connectivity index (χ0v) is 8.62. The highest BCUT2D eigenvalue weighted by molar-refractivity contribution is 5.92. The molecule has 1 heterocycles. The van der Waals surface area contributed by atoms with Crippen LogP contribution >= 0.6 is 0 Å². The van der Waals surface area contributed by atoms with Gasteiger partial charge in [-0.3, -0.25) is 0 Å². The fraction of sp³-hybridized carbons (Fsp3) is 0.200. The quantitative estimate of drug-likeness (QED) is 0.835. The van der Waals surface area contributed by atoms with Gasteiger partial charge in [0, 0.05) is 0 Å². The van der Waals surface area contributed by atoms with E-state index in [-0.39, 0.29) is 16.6 Å². The van der Waals surface area contributed by atoms with E-state index in [0.717, 1.165) is 12.1 Å². The summed E-state index contributed by atoms with van der Waals surface area (Å²) >= 11 is 0. The van der Waals surface area contributed by atoms with Gasteiger partial charge in [-0.25, -0.2) is 18.6 Å². The lowest BCUT2D eigenvalue weighted by atomic mass is 10.2. The van der Waals surface area contributed by atoms with E-state index in [2.05, 4.69) is 4.98 Å². The Morgan fingerprint density at radius 2 is 2.06 bits per heavy atom. The first kappa shape index (κ1) is 12.3. The van der Waals surface area contributed by atoms with Crippen molar-refractivity contribution in [2.45, 2.75) is 12.3 Å². The molecule has 0 radical (unpaired) electrons. The fourth-order valence-corrected chi connectivity index (χ4v) is 1.40. The van der Waals surface area contributed by atoms with Crippen molar-refractivity contribution in [1.29, 1.82) is 0 Å². The van der Waals surface area contributed by atoms with Gasteiger partial charge in [0.05, 0.1) is 16.6 Å². The zero-order valence-electron chi connectivity index (χ0n) is 8.62. The number of alkyl halides is 4. The Hall–Kier alpha value is -2.12. The molecule has 96 valence electrons. The molecule has 2 aromatic rings. The Kier molecular flexibility index (Phi) is 2.72. The van der Waals surface area contributed by atoms with Gasteiger partial charge in [0.2, 0.25) is 0 Å². The van der Waals surface area contributed by atoms with Crippen molar-refractivity contribution in [1.82, 2.24) is 9.97 Å². The van der Waals surface area contributed by atoms with Crippen molar-refractivity contribution in [3.8, 4) is 0 Å². The number of imidazole rings is 1. The number of nitrogens with zero attached hydrogens (tertiary/aromatic N) is 1. The van der Waals surface area contributed by atoms with Crippen molar-refractivity contribution < 1.29 is 27.5 Å². The molecule has 0 atom stereocenters. The smallest absolute Gasteiger partial charge is 0.363 e. The van der Waals surface area contributed by atoms with Crippen LogP contribution in [0.15, 0.2) is 18.2 Å². The van der Waals surface area contributed by atoms with Crippen LogP contribution in [0.25, 0.3) is 11.0 Å². The number of carbonyl (C=O) groups is 1. The van der Waals surface area contributed by atoms with Gasteiger partial charge in [0.1, 0.15) is 0 Å². The van der Waals surface area contributed by atoms with Gasteiger partial charge in [-0.15, -0.1) is 0 Å². The summed E-state index contributed by atoms with van der Waals surface area (Å²) in [6, 6.07) is 3.37. The van der Waals surface area contributed by atoms with Crippen molar-refractivity contribution in [2.24, 2.45) is 0 Å². The Morgan fingerprint density at radius 1 is 1.39 bits per heavy atom. The normalized spacial score (nSPS) is 12.3. The summed E-state index contributed by atoms with van der Waals surface area (Å²) < 4.78 is 50.3. The Labute approximate surface area is 97.3 Å². The van der Waals surface area contributed by atoms with Crippen LogP contribution in [-0.4, -0.2) is 27.5 Å². The van der Waals surface area contributed by atoms with Gasteiger partial charge in [-0.1, -0.05) is 0 Å². The van der Waals surface area contributed by atoms with Gasteiger partial charge in [0.15, 0.2) is 5.82 Å². The van der Waals surface area contributed by atoms with Gasteiger partial charge >= 0.3 is 18.3 Å². The number of carboxylic acid groups (broad SMARTS) is 1. The van der Waals surface area contributed by atoms with E-state index in [1.54, 1.807) is 0 Å². The van der Waals surface area contributed by atoms with Crippen molar-refractivity contribution >= 4 is 17.0 Å². The van der Waals surface area contributed by atoms with Gasteiger partial charge in [0.25, 0.3) is 0 Å². The van der Waals surface area contributed by atoms with Gasteiger partial charge in [-0.05, 0) is 18.2 Å². The average Bonchev–Trinajstić information content (AvgIpc) is 2.71. The van der Waals surface area contributed by atoms with Crippen LogP contribution in [0.4, 0.5) is 17.6 Å². The molecule has 0 spiro atoms. The van der Waals surface area contributed by atoms with Gasteiger partial charge in [-0.2, -0.15) is 8.78 Å². The number of nitrogens with one attached hydrogen (secondary N) is 1. The summed E-state index contributed by atoms with van der Waals surface area (Å²) in [6.45, 7) is 0. The number of hydrogen-bond acceptors (Lipinski definition) is 2. The molecule has 0 unspecified atom stereocenters. The third-order valence-electron chi connectivity index (χ3n) is 2.32. The average molecular weight is 262 g/mol. The molecule has 8 heteroatoms. The molecule has 0 aliphatic carbocycles. The van der Waals surface area contributed by atoms with Crippen LogP contribution in [0.2, 0.25) is 0 Å². The predicted molar refractivity (Wildman–Crippen MR) is 53.0 cm³/mol. The number of halogens is 4. The molecule has 0 saturated heterocycles. The molecule has 0 saturated carbocycles. The molecule has 18 heavy (non-hydrogen) atoms. The summed E-state index contributed by atoms with van der Waals surface area (Å²) in [5.74, 6) is -6.84. The monoisotopic (exact) mass is 262 g/mol. The molecule has 0 fully saturated rings. The lowest BCUT2D eigenvalue weighted by Gasteiger charge is -2.11. The van der Waals surface area contributed by atoms with E-state index in [1.165, 1.54) is 6.07 Å². The highest BCUT2D eigenvalue weighted by Crippen LogP contribution is 2.33. The molecule has 1 aromatic heterocycles. The number of fused-ring (bicyclic) bond motifs is 1. The Bertz CT molecular complexity index is 609. The number of H-pyrrole nitrogens is 1. The van der Waals surface area contributed by atoms with Crippen LogP contribution in [0, 0.1) is 0 Å². The van der Waals surface area contributed by atoms with Crippen LogP contribution in [-0.2, 0) is 5.92 Å². The van der Waals surface area contributed by atoms with E-state index >= 15 is 0 Å². The van der Waals surface area contributed by atoms with Crippen LogP contribution < -0.4 is 0 Å². The molecule has 0 aliphatic rings. The van der Waals surface area contributed by atoms with Crippen molar-refractivity contribution in [3.05, 3.63) is 29.6 Å². The SMILES string of the molecule is O=C(O)c1ccc2nc(C(F)(F)C(F)F)[nH]c2c1. The lowest BCUT2D eigenvalue weighted by Crippen LogP contribution is -2.25. The maximum Gasteiger partial charge on any atom is 0.363 e. The van der Waals surface area contributed by atoms with Gasteiger partial charge < -0.3 is 10.1 Å². The second-order valence-corrected chi connectivity index (χ2v) is 3.55. The Balaban J connectivity index is 2.54. The highest BCUT2D eigenvalue weighted by Gasteiger charge is 2.45. The number of benzene rings is 1. The standard InChI is InChI=1S/C10H6F4N2O2/c11-8(12)10(13,14)9-15-5-2-1-4(7(17)18)3-6(5)16-9/h1-3,8H,(H,15,16)(H,17,18).